The van der Waals surface area contributed by atoms with Gasteiger partial charge in [0.1, 0.15) is 24.4 Å². The highest BCUT2D eigenvalue weighted by Crippen LogP contribution is 2.32. The summed E-state index contributed by atoms with van der Waals surface area (Å²) in [6.07, 6.45) is -1.20. The minimum absolute atomic E-state index is 0.0458. The average Bonchev–Trinajstić information content (AvgIpc) is 3.09. The van der Waals surface area contributed by atoms with Gasteiger partial charge in [-0.2, -0.15) is 0 Å². The van der Waals surface area contributed by atoms with E-state index < -0.39 is 18.7 Å². The highest BCUT2D eigenvalue weighted by molar-refractivity contribution is 6.01. The molecule has 1 aromatic heterocycles. The fourth-order valence-corrected chi connectivity index (χ4v) is 3.11. The van der Waals surface area contributed by atoms with Gasteiger partial charge in [0.25, 0.3) is 0 Å². The van der Waals surface area contributed by atoms with Crippen LogP contribution in [0.15, 0.2) is 42.5 Å². The quantitative estimate of drug-likeness (QED) is 0.164. The van der Waals surface area contributed by atoms with Gasteiger partial charge in [0.2, 0.25) is 0 Å². The van der Waals surface area contributed by atoms with Crippen LogP contribution in [0.2, 0.25) is 0 Å². The molecule has 1 heterocycles. The third-order valence-electron chi connectivity index (χ3n) is 4.67. The third kappa shape index (κ3) is 4.48. The summed E-state index contributed by atoms with van der Waals surface area (Å²) in [6.45, 7) is -0.795. The van der Waals surface area contributed by atoms with Gasteiger partial charge in [-0.15, -0.1) is 0 Å². The summed E-state index contributed by atoms with van der Waals surface area (Å²) < 4.78 is 5.06. The van der Waals surface area contributed by atoms with Crippen LogP contribution in [0.5, 0.6) is 0 Å². The minimum atomic E-state index is -1.13. The topological polar surface area (TPSA) is 182 Å². The molecular weight excluding hydrogens is 386 g/mol. The second kappa shape index (κ2) is 8.76. The fourth-order valence-electron chi connectivity index (χ4n) is 3.11. The predicted molar refractivity (Wildman–Crippen MR) is 114 cm³/mol. The molecule has 0 amide bonds. The van der Waals surface area contributed by atoms with Crippen LogP contribution in [-0.4, -0.2) is 52.2 Å². The first-order valence-electron chi connectivity index (χ1n) is 9.18. The van der Waals surface area contributed by atoms with Crippen LogP contribution in [-0.2, 0) is 16.0 Å². The molecule has 0 saturated carbocycles. The van der Waals surface area contributed by atoms with Crippen molar-refractivity contribution in [2.45, 2.75) is 12.5 Å². The minimum Gasteiger partial charge on any atom is -0.463 e. The molecule has 3 aromatic rings. The van der Waals surface area contributed by atoms with Crippen LogP contribution in [0.4, 0.5) is 0 Å². The molecule has 0 fully saturated rings. The van der Waals surface area contributed by atoms with Crippen LogP contribution in [0.25, 0.3) is 22.2 Å². The first-order valence-corrected chi connectivity index (χ1v) is 9.18. The number of rotatable bonds is 8. The molecule has 0 spiro atoms. The number of benzene rings is 2. The Morgan fingerprint density at radius 3 is 2.30 bits per heavy atom. The number of hydrogen-bond donors (Lipinski definition) is 7. The van der Waals surface area contributed by atoms with Gasteiger partial charge in [0.15, 0.2) is 0 Å². The van der Waals surface area contributed by atoms with Gasteiger partial charge in [-0.1, -0.05) is 36.4 Å². The smallest absolute Gasteiger partial charge is 0.310 e. The van der Waals surface area contributed by atoms with Gasteiger partial charge in [-0.3, -0.25) is 15.6 Å². The predicted octanol–water partition coefficient (Wildman–Crippen LogP) is 0.842. The molecule has 0 aliphatic carbocycles. The molecule has 0 bridgehead atoms. The lowest BCUT2D eigenvalue weighted by Crippen LogP contribution is -2.22. The zero-order valence-corrected chi connectivity index (χ0v) is 16.1. The number of H-pyrrole nitrogens is 1. The van der Waals surface area contributed by atoms with Crippen molar-refractivity contribution in [3.05, 3.63) is 59.2 Å². The molecular formula is C21H23N5O4. The van der Waals surface area contributed by atoms with Gasteiger partial charge < -0.3 is 31.4 Å². The zero-order valence-electron chi connectivity index (χ0n) is 16.1. The third-order valence-corrected chi connectivity index (χ3v) is 4.67. The highest BCUT2D eigenvalue weighted by atomic mass is 16.5. The van der Waals surface area contributed by atoms with E-state index in [9.17, 15) is 9.90 Å². The standard InChI is InChI=1S/C21H23N5O4/c22-20(23)12-3-1-11(2-4-12)19-16(8-18(29)30-10-14(28)9-27)15-6-5-13(21(24)25)7-17(15)26-19/h1-7,14,26-28H,8-10H2,(H3,22,23)(H3,24,25). The summed E-state index contributed by atoms with van der Waals surface area (Å²) in [6, 6.07) is 12.2. The maximum Gasteiger partial charge on any atom is 0.310 e. The van der Waals surface area contributed by atoms with Crippen molar-refractivity contribution in [3.63, 3.8) is 0 Å². The number of aliphatic hydroxyl groups is 2. The molecule has 9 heteroatoms. The maximum absolute atomic E-state index is 12.3. The van der Waals surface area contributed by atoms with E-state index >= 15 is 0 Å². The fraction of sp³-hybridized carbons (Fsp3) is 0.190. The van der Waals surface area contributed by atoms with Crippen molar-refractivity contribution >= 4 is 28.5 Å². The Morgan fingerprint density at radius 2 is 1.70 bits per heavy atom. The van der Waals surface area contributed by atoms with Crippen LogP contribution >= 0.6 is 0 Å². The Bertz CT molecular complexity index is 1100. The molecule has 0 aliphatic heterocycles. The van der Waals surface area contributed by atoms with Crippen molar-refractivity contribution in [2.75, 3.05) is 13.2 Å². The largest absolute Gasteiger partial charge is 0.463 e. The monoisotopic (exact) mass is 409 g/mol. The van der Waals surface area contributed by atoms with E-state index in [4.69, 9.17) is 32.1 Å². The van der Waals surface area contributed by atoms with Gasteiger partial charge in [0, 0.05) is 22.0 Å². The number of amidine groups is 2. The van der Waals surface area contributed by atoms with Crippen molar-refractivity contribution < 1.29 is 19.7 Å². The zero-order chi connectivity index (χ0) is 21.8. The van der Waals surface area contributed by atoms with Crippen LogP contribution in [0, 0.1) is 10.8 Å². The Balaban J connectivity index is 2.03. The van der Waals surface area contributed by atoms with Gasteiger partial charge >= 0.3 is 5.97 Å². The molecule has 0 radical (unpaired) electrons. The summed E-state index contributed by atoms with van der Waals surface area (Å²) in [4.78, 5) is 15.6. The molecule has 30 heavy (non-hydrogen) atoms. The number of nitrogens with two attached hydrogens (primary N) is 2. The van der Waals surface area contributed by atoms with E-state index in [1.807, 2.05) is 0 Å². The number of nitrogens with one attached hydrogen (secondary N) is 3. The van der Waals surface area contributed by atoms with E-state index in [-0.39, 0.29) is 24.7 Å². The lowest BCUT2D eigenvalue weighted by atomic mass is 10.0. The number of aromatic nitrogens is 1. The van der Waals surface area contributed by atoms with Gasteiger partial charge in [-0.25, -0.2) is 0 Å². The number of fused-ring (bicyclic) bond motifs is 1. The maximum atomic E-state index is 12.3. The molecule has 0 aliphatic rings. The molecule has 1 unspecified atom stereocenters. The average molecular weight is 409 g/mol. The molecule has 1 atom stereocenters. The Kier molecular flexibility index (Phi) is 6.14. The van der Waals surface area contributed by atoms with Crippen LogP contribution < -0.4 is 11.5 Å². The first-order chi connectivity index (χ1) is 14.3. The van der Waals surface area contributed by atoms with Gasteiger partial charge in [0.05, 0.1) is 18.7 Å². The molecule has 2 aromatic carbocycles. The summed E-state index contributed by atoms with van der Waals surface area (Å²) in [5, 5.41) is 34.2. The number of nitrogen functional groups attached to an aromatic ring is 2. The van der Waals surface area contributed by atoms with E-state index in [1.165, 1.54) is 0 Å². The van der Waals surface area contributed by atoms with E-state index in [2.05, 4.69) is 4.98 Å². The van der Waals surface area contributed by atoms with Gasteiger partial charge in [-0.05, 0) is 17.2 Å². The molecule has 3 rings (SSSR count). The first kappa shape index (κ1) is 21.0. The molecule has 9 N–H and O–H groups in total. The number of hydrogen-bond acceptors (Lipinski definition) is 6. The lowest BCUT2D eigenvalue weighted by molar-refractivity contribution is -0.146. The summed E-state index contributed by atoms with van der Waals surface area (Å²) in [7, 11) is 0. The van der Waals surface area contributed by atoms with E-state index in [0.29, 0.717) is 27.9 Å². The SMILES string of the molecule is N=C(N)c1ccc(-c2[nH]c3cc(C(=N)N)ccc3c2CC(=O)OCC(O)CO)cc1. The Morgan fingerprint density at radius 1 is 1.07 bits per heavy atom. The molecule has 9 nitrogen and oxygen atoms in total. The Hall–Kier alpha value is -3.69. The number of aromatic amines is 1. The summed E-state index contributed by atoms with van der Waals surface area (Å²) in [5.74, 6) is -0.672. The second-order valence-electron chi connectivity index (χ2n) is 6.84. The van der Waals surface area contributed by atoms with E-state index in [0.717, 1.165) is 10.9 Å². The molecule has 156 valence electrons. The van der Waals surface area contributed by atoms with Crippen LogP contribution in [0.3, 0.4) is 0 Å². The second-order valence-corrected chi connectivity index (χ2v) is 6.84. The van der Waals surface area contributed by atoms with Crippen molar-refractivity contribution in [3.8, 4) is 11.3 Å². The van der Waals surface area contributed by atoms with E-state index in [1.54, 1.807) is 42.5 Å². The lowest BCUT2D eigenvalue weighted by Gasteiger charge is -2.10. The summed E-state index contributed by atoms with van der Waals surface area (Å²) >= 11 is 0. The highest BCUT2D eigenvalue weighted by Gasteiger charge is 2.18. The Labute approximate surface area is 172 Å². The van der Waals surface area contributed by atoms with Crippen LogP contribution in [0.1, 0.15) is 16.7 Å². The number of carbonyl (C=O) groups excluding carboxylic acids is 1. The number of carbonyl (C=O) groups is 1. The normalized spacial score (nSPS) is 11.9. The number of aliphatic hydroxyl groups excluding tert-OH is 2. The molecule has 0 saturated heterocycles. The number of ether oxygens (including phenoxy) is 1. The summed E-state index contributed by atoms with van der Waals surface area (Å²) in [5.41, 5.74) is 15.1. The number of esters is 1. The van der Waals surface area contributed by atoms with Crippen molar-refractivity contribution in [1.82, 2.24) is 4.98 Å². The van der Waals surface area contributed by atoms with Crippen molar-refractivity contribution in [2.24, 2.45) is 11.5 Å². The van der Waals surface area contributed by atoms with Crippen molar-refractivity contribution in [1.29, 1.82) is 10.8 Å².